The summed E-state index contributed by atoms with van der Waals surface area (Å²) in [6.45, 7) is 7.27. The number of hydrogen-bond acceptors (Lipinski definition) is 6. The SMILES string of the molecule is CC(=O)c1c[nH]c2cccc(F)c12.CC(C)Oc1c(N2CCN(C=O)CC2)c(=O)c1=O. The molecule has 1 aromatic heterocycles. The molecule has 164 valence electrons. The van der Waals surface area contributed by atoms with Crippen molar-refractivity contribution in [3.05, 3.63) is 56.2 Å². The van der Waals surface area contributed by atoms with E-state index in [0.717, 1.165) is 6.41 Å². The highest BCUT2D eigenvalue weighted by molar-refractivity contribution is 6.06. The largest absolute Gasteiger partial charge is 0.485 e. The zero-order chi connectivity index (χ0) is 22.7. The molecule has 0 unspecified atom stereocenters. The van der Waals surface area contributed by atoms with Gasteiger partial charge < -0.3 is 19.5 Å². The summed E-state index contributed by atoms with van der Waals surface area (Å²) in [4.78, 5) is 51.0. The van der Waals surface area contributed by atoms with Crippen LogP contribution in [0.4, 0.5) is 10.1 Å². The van der Waals surface area contributed by atoms with Crippen molar-refractivity contribution >= 4 is 28.8 Å². The number of Topliss-reactive ketones (excluding diaryl/α,β-unsaturated/α-hetero) is 1. The second-order valence-electron chi connectivity index (χ2n) is 7.55. The molecule has 0 radical (unpaired) electrons. The van der Waals surface area contributed by atoms with E-state index in [1.807, 2.05) is 18.7 Å². The van der Waals surface area contributed by atoms with Crippen molar-refractivity contribution in [1.29, 1.82) is 0 Å². The van der Waals surface area contributed by atoms with Crippen molar-refractivity contribution in [2.45, 2.75) is 26.9 Å². The molecule has 31 heavy (non-hydrogen) atoms. The van der Waals surface area contributed by atoms with E-state index in [1.54, 1.807) is 17.0 Å². The molecule has 8 nitrogen and oxygen atoms in total. The number of carbonyl (C=O) groups is 2. The lowest BCUT2D eigenvalue weighted by molar-refractivity contribution is -0.118. The second kappa shape index (κ2) is 9.11. The number of carbonyl (C=O) groups excluding carboxylic acids is 2. The van der Waals surface area contributed by atoms with E-state index in [1.165, 1.54) is 19.2 Å². The van der Waals surface area contributed by atoms with Crippen LogP contribution in [-0.2, 0) is 4.79 Å². The molecule has 0 aliphatic carbocycles. The highest BCUT2D eigenvalue weighted by Crippen LogP contribution is 2.24. The molecule has 1 aliphatic rings. The standard InChI is InChI=1S/C12H16N2O4.C10H8FNO/c1-8(2)18-12-9(10(16)11(12)17)14-5-3-13(7-15)4-6-14;1-6(13)7-5-12-9-4-2-3-8(11)10(7)9/h7-8H,3-6H2,1-2H3;2-5,12H,1H3. The third kappa shape index (κ3) is 4.50. The van der Waals surface area contributed by atoms with Crippen LogP contribution in [-0.4, -0.2) is 54.4 Å². The number of aromatic nitrogens is 1. The molecule has 0 saturated carbocycles. The number of nitrogens with zero attached hydrogens (tertiary/aromatic N) is 2. The van der Waals surface area contributed by atoms with Gasteiger partial charge in [-0.15, -0.1) is 0 Å². The smallest absolute Gasteiger partial charge is 0.272 e. The highest BCUT2D eigenvalue weighted by Gasteiger charge is 2.30. The van der Waals surface area contributed by atoms with Crippen LogP contribution in [0.3, 0.4) is 0 Å². The van der Waals surface area contributed by atoms with E-state index in [-0.39, 0.29) is 23.5 Å². The van der Waals surface area contributed by atoms with Gasteiger partial charge in [0.2, 0.25) is 6.41 Å². The van der Waals surface area contributed by atoms with Crippen molar-refractivity contribution in [2.24, 2.45) is 0 Å². The van der Waals surface area contributed by atoms with Gasteiger partial charge in [0.25, 0.3) is 10.9 Å². The number of benzene rings is 1. The summed E-state index contributed by atoms with van der Waals surface area (Å²) in [5.74, 6) is -0.310. The number of amides is 1. The van der Waals surface area contributed by atoms with Crippen LogP contribution < -0.4 is 20.5 Å². The predicted octanol–water partition coefficient (Wildman–Crippen LogP) is 1.86. The lowest BCUT2D eigenvalue weighted by Crippen LogP contribution is -2.50. The number of ketones is 1. The quantitative estimate of drug-likeness (QED) is 0.378. The molecule has 4 rings (SSSR count). The average molecular weight is 429 g/mol. The fourth-order valence-corrected chi connectivity index (χ4v) is 3.46. The van der Waals surface area contributed by atoms with Crippen molar-refractivity contribution in [1.82, 2.24) is 9.88 Å². The number of hydrogen-bond donors (Lipinski definition) is 1. The molecule has 0 spiro atoms. The molecule has 9 heteroatoms. The molecule has 1 fully saturated rings. The fraction of sp³-hybridized carbons (Fsp3) is 0.364. The normalized spacial score (nSPS) is 14.0. The molecule has 2 aromatic carbocycles. The highest BCUT2D eigenvalue weighted by atomic mass is 19.1. The number of ether oxygens (including phenoxy) is 1. The molecule has 1 aliphatic heterocycles. The summed E-state index contributed by atoms with van der Waals surface area (Å²) in [6.07, 6.45) is 2.20. The summed E-state index contributed by atoms with van der Waals surface area (Å²) in [5, 5.41) is 0.384. The minimum absolute atomic E-state index is 0.128. The van der Waals surface area contributed by atoms with Gasteiger partial charge >= 0.3 is 0 Å². The number of H-pyrrole nitrogens is 1. The average Bonchev–Trinajstić information content (AvgIpc) is 3.20. The first-order chi connectivity index (χ1) is 14.7. The summed E-state index contributed by atoms with van der Waals surface area (Å²) >= 11 is 0. The van der Waals surface area contributed by atoms with Crippen molar-refractivity contribution in [3.63, 3.8) is 0 Å². The van der Waals surface area contributed by atoms with Crippen LogP contribution in [0.1, 0.15) is 31.1 Å². The summed E-state index contributed by atoms with van der Waals surface area (Å²) in [6, 6.07) is 4.70. The zero-order valence-electron chi connectivity index (χ0n) is 17.6. The Kier molecular flexibility index (Phi) is 6.53. The van der Waals surface area contributed by atoms with Crippen LogP contribution in [0.15, 0.2) is 34.0 Å². The van der Waals surface area contributed by atoms with Gasteiger partial charge in [0.1, 0.15) is 11.5 Å². The van der Waals surface area contributed by atoms with Crippen LogP contribution in [0.2, 0.25) is 0 Å². The molecular formula is C22H24FN3O5. The minimum atomic E-state index is -0.545. The number of fused-ring (bicyclic) bond motifs is 1. The first-order valence-corrected chi connectivity index (χ1v) is 9.95. The Bertz CT molecular complexity index is 1170. The van der Waals surface area contributed by atoms with Gasteiger partial charge in [-0.25, -0.2) is 4.39 Å². The molecule has 0 atom stereocenters. The Hall–Kier alpha value is -3.49. The van der Waals surface area contributed by atoms with Gasteiger partial charge in [-0.1, -0.05) is 6.07 Å². The third-order valence-corrected chi connectivity index (χ3v) is 5.01. The van der Waals surface area contributed by atoms with E-state index >= 15 is 0 Å². The molecule has 1 saturated heterocycles. The van der Waals surface area contributed by atoms with Crippen molar-refractivity contribution in [3.8, 4) is 5.75 Å². The van der Waals surface area contributed by atoms with Crippen molar-refractivity contribution in [2.75, 3.05) is 31.1 Å². The van der Waals surface area contributed by atoms with Gasteiger partial charge in [0, 0.05) is 48.8 Å². The van der Waals surface area contributed by atoms with Gasteiger partial charge in [0.15, 0.2) is 11.5 Å². The Morgan fingerprint density at radius 1 is 1.16 bits per heavy atom. The zero-order valence-corrected chi connectivity index (χ0v) is 17.6. The van der Waals surface area contributed by atoms with Crippen molar-refractivity contribution < 1.29 is 18.7 Å². The Morgan fingerprint density at radius 3 is 2.42 bits per heavy atom. The first kappa shape index (κ1) is 22.2. The fourth-order valence-electron chi connectivity index (χ4n) is 3.46. The summed E-state index contributed by atoms with van der Waals surface area (Å²) in [7, 11) is 0. The number of piperazine rings is 1. The monoisotopic (exact) mass is 429 g/mol. The number of halogens is 1. The molecule has 3 aromatic rings. The summed E-state index contributed by atoms with van der Waals surface area (Å²) < 4.78 is 18.6. The Morgan fingerprint density at radius 2 is 1.84 bits per heavy atom. The maximum Gasteiger partial charge on any atom is 0.272 e. The Labute approximate surface area is 177 Å². The second-order valence-corrected chi connectivity index (χ2v) is 7.55. The lowest BCUT2D eigenvalue weighted by atomic mass is 10.1. The summed E-state index contributed by atoms with van der Waals surface area (Å²) in [5.41, 5.74) is 0.416. The number of rotatable bonds is 5. The third-order valence-electron chi connectivity index (χ3n) is 5.01. The first-order valence-electron chi connectivity index (χ1n) is 9.95. The van der Waals surface area contributed by atoms with Gasteiger partial charge in [0.05, 0.1) is 6.10 Å². The van der Waals surface area contributed by atoms with Gasteiger partial charge in [-0.05, 0) is 32.9 Å². The van der Waals surface area contributed by atoms with E-state index < -0.39 is 10.9 Å². The van der Waals surface area contributed by atoms with Gasteiger partial charge in [-0.2, -0.15) is 0 Å². The van der Waals surface area contributed by atoms with Crippen LogP contribution in [0.25, 0.3) is 10.9 Å². The van der Waals surface area contributed by atoms with Crippen LogP contribution >= 0.6 is 0 Å². The van der Waals surface area contributed by atoms with E-state index in [2.05, 4.69) is 4.98 Å². The molecular weight excluding hydrogens is 405 g/mol. The number of anilines is 1. The molecule has 2 heterocycles. The Balaban J connectivity index is 0.000000185. The molecule has 1 amide bonds. The maximum absolute atomic E-state index is 13.3. The van der Waals surface area contributed by atoms with E-state index in [0.29, 0.717) is 48.3 Å². The number of aromatic amines is 1. The van der Waals surface area contributed by atoms with Crippen LogP contribution in [0.5, 0.6) is 5.75 Å². The van der Waals surface area contributed by atoms with Gasteiger partial charge in [-0.3, -0.25) is 19.2 Å². The lowest BCUT2D eigenvalue weighted by Gasteiger charge is -2.35. The van der Waals surface area contributed by atoms with Crippen LogP contribution in [0, 0.1) is 5.82 Å². The molecule has 1 N–H and O–H groups in total. The number of nitrogens with one attached hydrogen (secondary N) is 1. The topological polar surface area (TPSA) is 99.8 Å². The maximum atomic E-state index is 13.3. The predicted molar refractivity (Wildman–Crippen MR) is 115 cm³/mol. The van der Waals surface area contributed by atoms with E-state index in [4.69, 9.17) is 4.74 Å². The molecule has 0 bridgehead atoms. The minimum Gasteiger partial charge on any atom is -0.485 e. The van der Waals surface area contributed by atoms with E-state index in [9.17, 15) is 23.6 Å².